The summed E-state index contributed by atoms with van der Waals surface area (Å²) in [6.07, 6.45) is 0. The predicted molar refractivity (Wildman–Crippen MR) is 94.5 cm³/mol. The molecule has 10 nitrogen and oxygen atoms in total. The van der Waals surface area contributed by atoms with Crippen LogP contribution in [0.15, 0.2) is 27.6 Å². The van der Waals surface area contributed by atoms with Gasteiger partial charge in [-0.25, -0.2) is 8.42 Å². The number of benzene rings is 1. The summed E-state index contributed by atoms with van der Waals surface area (Å²) in [4.78, 5) is 14.5. The topological polar surface area (TPSA) is 125 Å². The smallest absolute Gasteiger partial charge is 0.254 e. The van der Waals surface area contributed by atoms with Crippen molar-refractivity contribution < 1.29 is 17.7 Å². The van der Waals surface area contributed by atoms with Crippen LogP contribution in [-0.4, -0.2) is 70.3 Å². The Morgan fingerprint density at radius 2 is 1.81 bits per heavy atom. The minimum Gasteiger partial charge on any atom is -0.360 e. The van der Waals surface area contributed by atoms with Crippen LogP contribution >= 0.6 is 0 Å². The van der Waals surface area contributed by atoms with Crippen LogP contribution in [0.1, 0.15) is 21.8 Å². The molecule has 0 atom stereocenters. The number of carbonyl (C=O) groups excluding carboxylic acids is 1. The molecular formula is C16H18N6O4S. The third kappa shape index (κ3) is 2.98. The maximum absolute atomic E-state index is 12.9. The van der Waals surface area contributed by atoms with E-state index in [1.54, 1.807) is 36.9 Å². The number of H-pyrrole nitrogens is 1. The molecule has 27 heavy (non-hydrogen) atoms. The third-order valence-electron chi connectivity index (χ3n) is 4.65. The Kier molecular flexibility index (Phi) is 4.19. The Morgan fingerprint density at radius 3 is 2.48 bits per heavy atom. The number of rotatable bonds is 3. The van der Waals surface area contributed by atoms with Gasteiger partial charge >= 0.3 is 0 Å². The van der Waals surface area contributed by atoms with E-state index in [9.17, 15) is 13.2 Å². The van der Waals surface area contributed by atoms with Crippen LogP contribution in [0.25, 0.3) is 11.0 Å². The van der Waals surface area contributed by atoms with Crippen LogP contribution in [0.3, 0.4) is 0 Å². The maximum atomic E-state index is 12.9. The number of aryl methyl sites for hydroxylation is 2. The zero-order valence-corrected chi connectivity index (χ0v) is 15.7. The second-order valence-electron chi connectivity index (χ2n) is 6.38. The SMILES string of the molecule is Cc1noc(C)c1S(=O)(=O)N1CCN(C(=O)c2ccc3n[nH]nc3c2)CC1. The van der Waals surface area contributed by atoms with E-state index in [-0.39, 0.29) is 29.7 Å². The Hall–Kier alpha value is -2.79. The van der Waals surface area contributed by atoms with E-state index in [1.165, 1.54) is 4.31 Å². The second-order valence-corrected chi connectivity index (χ2v) is 8.25. The van der Waals surface area contributed by atoms with Crippen LogP contribution in [0.2, 0.25) is 0 Å². The molecule has 0 bridgehead atoms. The van der Waals surface area contributed by atoms with Gasteiger partial charge in [0.05, 0.1) is 0 Å². The first-order valence-corrected chi connectivity index (χ1v) is 9.85. The van der Waals surface area contributed by atoms with E-state index in [2.05, 4.69) is 20.6 Å². The molecule has 3 aromatic rings. The summed E-state index contributed by atoms with van der Waals surface area (Å²) < 4.78 is 32.1. The summed E-state index contributed by atoms with van der Waals surface area (Å²) in [6.45, 7) is 4.21. The molecule has 1 aromatic carbocycles. The van der Waals surface area contributed by atoms with Crippen LogP contribution in [-0.2, 0) is 10.0 Å². The first-order valence-electron chi connectivity index (χ1n) is 8.41. The molecule has 0 unspecified atom stereocenters. The third-order valence-corrected chi connectivity index (χ3v) is 6.80. The Labute approximate surface area is 155 Å². The fourth-order valence-electron chi connectivity index (χ4n) is 3.26. The molecule has 0 radical (unpaired) electrons. The number of carbonyl (C=O) groups is 1. The largest absolute Gasteiger partial charge is 0.360 e. The number of hydrogen-bond donors (Lipinski definition) is 1. The van der Waals surface area contributed by atoms with Gasteiger partial charge in [0.1, 0.15) is 21.6 Å². The van der Waals surface area contributed by atoms with Gasteiger partial charge in [-0.3, -0.25) is 4.79 Å². The molecule has 1 aliphatic heterocycles. The molecule has 3 heterocycles. The summed E-state index contributed by atoms with van der Waals surface area (Å²) >= 11 is 0. The monoisotopic (exact) mass is 390 g/mol. The average molecular weight is 390 g/mol. The minimum absolute atomic E-state index is 0.110. The summed E-state index contributed by atoms with van der Waals surface area (Å²) in [5.41, 5.74) is 2.13. The van der Waals surface area contributed by atoms with Crippen molar-refractivity contribution in [1.29, 1.82) is 0 Å². The molecule has 1 amide bonds. The summed E-state index contributed by atoms with van der Waals surface area (Å²) in [5.74, 6) is 0.112. The molecule has 0 saturated carbocycles. The van der Waals surface area contributed by atoms with Gasteiger partial charge < -0.3 is 9.42 Å². The highest BCUT2D eigenvalue weighted by Crippen LogP contribution is 2.24. The number of hydrogen-bond acceptors (Lipinski definition) is 7. The van der Waals surface area contributed by atoms with Crippen molar-refractivity contribution in [2.75, 3.05) is 26.2 Å². The van der Waals surface area contributed by atoms with E-state index in [0.29, 0.717) is 35.4 Å². The van der Waals surface area contributed by atoms with Crippen molar-refractivity contribution in [1.82, 2.24) is 29.8 Å². The van der Waals surface area contributed by atoms with Crippen molar-refractivity contribution in [2.24, 2.45) is 0 Å². The molecular weight excluding hydrogens is 372 g/mol. The summed E-state index contributed by atoms with van der Waals surface area (Å²) in [7, 11) is -3.70. The van der Waals surface area contributed by atoms with Gasteiger partial charge in [0.15, 0.2) is 5.76 Å². The Bertz CT molecular complexity index is 1090. The van der Waals surface area contributed by atoms with Crippen molar-refractivity contribution in [3.05, 3.63) is 35.2 Å². The summed E-state index contributed by atoms with van der Waals surface area (Å²) in [5, 5.41) is 14.2. The number of aromatic nitrogens is 4. The van der Waals surface area contributed by atoms with Crippen molar-refractivity contribution in [3.8, 4) is 0 Å². The minimum atomic E-state index is -3.70. The van der Waals surface area contributed by atoms with Crippen molar-refractivity contribution >= 4 is 27.0 Å². The molecule has 142 valence electrons. The highest BCUT2D eigenvalue weighted by atomic mass is 32.2. The van der Waals surface area contributed by atoms with Gasteiger partial charge in [-0.15, -0.1) is 0 Å². The molecule has 1 fully saturated rings. The van der Waals surface area contributed by atoms with Gasteiger partial charge in [0.2, 0.25) is 10.0 Å². The van der Waals surface area contributed by atoms with Crippen LogP contribution < -0.4 is 0 Å². The lowest BCUT2D eigenvalue weighted by atomic mass is 10.1. The van der Waals surface area contributed by atoms with E-state index >= 15 is 0 Å². The highest BCUT2D eigenvalue weighted by Gasteiger charge is 2.34. The fourth-order valence-corrected chi connectivity index (χ4v) is 4.97. The van der Waals surface area contributed by atoms with Crippen molar-refractivity contribution in [3.63, 3.8) is 0 Å². The van der Waals surface area contributed by atoms with Gasteiger partial charge in [-0.05, 0) is 32.0 Å². The lowest BCUT2D eigenvalue weighted by molar-refractivity contribution is 0.0698. The standard InChI is InChI=1S/C16H18N6O4S/c1-10-15(11(2)26-19-10)27(24,25)22-7-5-21(6-8-22)16(23)12-3-4-13-14(9-12)18-20-17-13/h3-4,9H,5-8H2,1-2H3,(H,17,18,20). The maximum Gasteiger partial charge on any atom is 0.254 e. The number of fused-ring (bicyclic) bond motifs is 1. The Morgan fingerprint density at radius 1 is 1.11 bits per heavy atom. The number of nitrogens with one attached hydrogen (secondary N) is 1. The van der Waals surface area contributed by atoms with E-state index in [0.717, 1.165) is 0 Å². The van der Waals surface area contributed by atoms with Crippen molar-refractivity contribution in [2.45, 2.75) is 18.7 Å². The van der Waals surface area contributed by atoms with Crippen LogP contribution in [0.4, 0.5) is 0 Å². The lowest BCUT2D eigenvalue weighted by Gasteiger charge is -2.34. The first kappa shape index (κ1) is 17.6. The fraction of sp³-hybridized carbons (Fsp3) is 0.375. The first-order chi connectivity index (χ1) is 12.9. The normalized spacial score (nSPS) is 16.1. The lowest BCUT2D eigenvalue weighted by Crippen LogP contribution is -2.50. The molecule has 0 spiro atoms. The number of aromatic amines is 1. The predicted octanol–water partition coefficient (Wildman–Crippen LogP) is 0.709. The van der Waals surface area contributed by atoms with Gasteiger partial charge in [-0.2, -0.15) is 19.7 Å². The van der Waals surface area contributed by atoms with Gasteiger partial charge in [0.25, 0.3) is 5.91 Å². The summed E-state index contributed by atoms with van der Waals surface area (Å²) in [6, 6.07) is 5.10. The highest BCUT2D eigenvalue weighted by molar-refractivity contribution is 7.89. The number of sulfonamides is 1. The van der Waals surface area contributed by atoms with E-state index in [1.807, 2.05) is 0 Å². The van der Waals surface area contributed by atoms with E-state index in [4.69, 9.17) is 4.52 Å². The number of nitrogens with zero attached hydrogens (tertiary/aromatic N) is 5. The van der Waals surface area contributed by atoms with Crippen LogP contribution in [0, 0.1) is 13.8 Å². The molecule has 1 saturated heterocycles. The average Bonchev–Trinajstić information content (AvgIpc) is 3.26. The van der Waals surface area contributed by atoms with Crippen LogP contribution in [0.5, 0.6) is 0 Å². The molecule has 1 N–H and O–H groups in total. The quantitative estimate of drug-likeness (QED) is 0.698. The van der Waals surface area contributed by atoms with E-state index < -0.39 is 10.0 Å². The molecule has 2 aromatic heterocycles. The second kappa shape index (κ2) is 6.43. The molecule has 1 aliphatic rings. The molecule has 4 rings (SSSR count). The Balaban J connectivity index is 1.49. The molecule has 11 heteroatoms. The number of amides is 1. The zero-order chi connectivity index (χ0) is 19.2. The van der Waals surface area contributed by atoms with Gasteiger partial charge in [0, 0.05) is 31.7 Å². The molecule has 0 aliphatic carbocycles. The number of piperazine rings is 1. The van der Waals surface area contributed by atoms with Gasteiger partial charge in [-0.1, -0.05) is 5.16 Å². The zero-order valence-electron chi connectivity index (χ0n) is 14.8.